The Morgan fingerprint density at radius 3 is 2.71 bits per heavy atom. The van der Waals surface area contributed by atoms with E-state index >= 15 is 0 Å². The van der Waals surface area contributed by atoms with Crippen LogP contribution < -0.4 is 0 Å². The molecule has 0 atom stereocenters. The van der Waals surface area contributed by atoms with Crippen LogP contribution in [0.4, 0.5) is 0 Å². The highest BCUT2D eigenvalue weighted by Crippen LogP contribution is 2.18. The van der Waals surface area contributed by atoms with Gasteiger partial charge in [0.05, 0.1) is 12.1 Å². The summed E-state index contributed by atoms with van der Waals surface area (Å²) in [7, 11) is 0. The van der Waals surface area contributed by atoms with Crippen LogP contribution in [0.3, 0.4) is 0 Å². The van der Waals surface area contributed by atoms with Gasteiger partial charge >= 0.3 is 0 Å². The SMILES string of the molecule is Cc1cnccc1C(=O)Cc1nc(C)c(C)s1. The average Bonchev–Trinajstić information content (AvgIpc) is 2.58. The second-order valence-corrected chi connectivity index (χ2v) is 5.33. The van der Waals surface area contributed by atoms with Gasteiger partial charge in [-0.3, -0.25) is 9.78 Å². The molecule has 17 heavy (non-hydrogen) atoms. The Kier molecular flexibility index (Phi) is 3.33. The Morgan fingerprint density at radius 2 is 2.12 bits per heavy atom. The third-order valence-corrected chi connectivity index (χ3v) is 3.78. The number of thiazole rings is 1. The summed E-state index contributed by atoms with van der Waals surface area (Å²) in [6.07, 6.45) is 3.74. The van der Waals surface area contributed by atoms with Crippen LogP contribution in [0.2, 0.25) is 0 Å². The molecule has 3 nitrogen and oxygen atoms in total. The molecule has 88 valence electrons. The van der Waals surface area contributed by atoms with Crippen molar-refractivity contribution in [1.82, 2.24) is 9.97 Å². The van der Waals surface area contributed by atoms with E-state index in [4.69, 9.17) is 0 Å². The Bertz CT molecular complexity index is 541. The maximum absolute atomic E-state index is 12.1. The molecule has 0 N–H and O–H groups in total. The summed E-state index contributed by atoms with van der Waals surface area (Å²) in [5.41, 5.74) is 2.68. The van der Waals surface area contributed by atoms with Crippen molar-refractivity contribution < 1.29 is 4.79 Å². The van der Waals surface area contributed by atoms with Crippen LogP contribution in [0.15, 0.2) is 18.5 Å². The number of carbonyl (C=O) groups is 1. The van der Waals surface area contributed by atoms with Gasteiger partial charge in [0.25, 0.3) is 0 Å². The number of hydrogen-bond donors (Lipinski definition) is 0. The first kappa shape index (κ1) is 11.9. The van der Waals surface area contributed by atoms with Gasteiger partial charge in [-0.1, -0.05) is 0 Å². The van der Waals surface area contributed by atoms with Gasteiger partial charge in [0.1, 0.15) is 5.01 Å². The molecule has 2 rings (SSSR count). The predicted octanol–water partition coefficient (Wildman–Crippen LogP) is 2.89. The first-order chi connectivity index (χ1) is 8.08. The van der Waals surface area contributed by atoms with Gasteiger partial charge in [0.15, 0.2) is 5.78 Å². The summed E-state index contributed by atoms with van der Waals surface area (Å²) in [6.45, 7) is 5.90. The standard InChI is InChI=1S/C13H14N2OS/c1-8-7-14-5-4-11(8)12(16)6-13-15-9(2)10(3)17-13/h4-5,7H,6H2,1-3H3. The van der Waals surface area contributed by atoms with Crippen molar-refractivity contribution in [3.05, 3.63) is 45.2 Å². The number of pyridine rings is 1. The zero-order chi connectivity index (χ0) is 12.4. The van der Waals surface area contributed by atoms with Crippen molar-refractivity contribution in [2.24, 2.45) is 0 Å². The zero-order valence-electron chi connectivity index (χ0n) is 10.2. The Balaban J connectivity index is 2.20. The number of hydrogen-bond acceptors (Lipinski definition) is 4. The molecule has 0 unspecified atom stereocenters. The van der Waals surface area contributed by atoms with E-state index in [0.717, 1.165) is 21.8 Å². The van der Waals surface area contributed by atoms with Crippen LogP contribution in [0.25, 0.3) is 0 Å². The number of rotatable bonds is 3. The van der Waals surface area contributed by atoms with Gasteiger partial charge < -0.3 is 0 Å². The number of ketones is 1. The van der Waals surface area contributed by atoms with Crippen molar-refractivity contribution in [3.63, 3.8) is 0 Å². The third kappa shape index (κ3) is 2.58. The number of nitrogens with zero attached hydrogens (tertiary/aromatic N) is 2. The quantitative estimate of drug-likeness (QED) is 0.782. The molecule has 0 amide bonds. The normalized spacial score (nSPS) is 10.5. The van der Waals surface area contributed by atoms with Crippen LogP contribution >= 0.6 is 11.3 Å². The Morgan fingerprint density at radius 1 is 1.35 bits per heavy atom. The molecule has 0 spiro atoms. The molecular formula is C13H14N2OS. The van der Waals surface area contributed by atoms with Gasteiger partial charge in [0, 0.05) is 22.8 Å². The van der Waals surface area contributed by atoms with E-state index in [1.165, 1.54) is 4.88 Å². The molecular weight excluding hydrogens is 232 g/mol. The van der Waals surface area contributed by atoms with E-state index in [9.17, 15) is 4.79 Å². The zero-order valence-corrected chi connectivity index (χ0v) is 11.0. The predicted molar refractivity (Wildman–Crippen MR) is 68.6 cm³/mol. The second kappa shape index (κ2) is 4.75. The van der Waals surface area contributed by atoms with E-state index < -0.39 is 0 Å². The fourth-order valence-corrected chi connectivity index (χ4v) is 2.57. The summed E-state index contributed by atoms with van der Waals surface area (Å²) in [5.74, 6) is 0.110. The third-order valence-electron chi connectivity index (χ3n) is 2.71. The van der Waals surface area contributed by atoms with Crippen molar-refractivity contribution in [3.8, 4) is 0 Å². The maximum atomic E-state index is 12.1. The Labute approximate surface area is 105 Å². The minimum atomic E-state index is 0.110. The molecule has 0 aliphatic heterocycles. The van der Waals surface area contributed by atoms with Gasteiger partial charge in [-0.2, -0.15) is 0 Å². The van der Waals surface area contributed by atoms with Gasteiger partial charge in [-0.05, 0) is 32.4 Å². The van der Waals surface area contributed by atoms with Gasteiger partial charge in [-0.25, -0.2) is 4.98 Å². The molecule has 0 aromatic carbocycles. The molecule has 2 heterocycles. The van der Waals surface area contributed by atoms with E-state index in [-0.39, 0.29) is 5.78 Å². The summed E-state index contributed by atoms with van der Waals surface area (Å²) in [4.78, 5) is 21.6. The first-order valence-electron chi connectivity index (χ1n) is 5.44. The summed E-state index contributed by atoms with van der Waals surface area (Å²) < 4.78 is 0. The van der Waals surface area contributed by atoms with E-state index in [1.807, 2.05) is 20.8 Å². The van der Waals surface area contributed by atoms with Crippen LogP contribution in [-0.2, 0) is 6.42 Å². The summed E-state index contributed by atoms with van der Waals surface area (Å²) >= 11 is 1.60. The van der Waals surface area contributed by atoms with E-state index in [2.05, 4.69) is 9.97 Å². The highest BCUT2D eigenvalue weighted by atomic mass is 32.1. The maximum Gasteiger partial charge on any atom is 0.170 e. The molecule has 4 heteroatoms. The largest absolute Gasteiger partial charge is 0.294 e. The van der Waals surface area contributed by atoms with Crippen LogP contribution in [0.1, 0.15) is 31.5 Å². The number of aryl methyl sites for hydroxylation is 3. The van der Waals surface area contributed by atoms with E-state index in [0.29, 0.717) is 6.42 Å². The summed E-state index contributed by atoms with van der Waals surface area (Å²) in [5, 5.41) is 0.890. The lowest BCUT2D eigenvalue weighted by Crippen LogP contribution is -2.05. The molecule has 0 aliphatic carbocycles. The van der Waals surface area contributed by atoms with Crippen molar-refractivity contribution >= 4 is 17.1 Å². The van der Waals surface area contributed by atoms with Crippen molar-refractivity contribution in [2.75, 3.05) is 0 Å². The first-order valence-corrected chi connectivity index (χ1v) is 6.26. The minimum absolute atomic E-state index is 0.110. The van der Waals surface area contributed by atoms with Gasteiger partial charge in [-0.15, -0.1) is 11.3 Å². The van der Waals surface area contributed by atoms with Crippen LogP contribution in [-0.4, -0.2) is 15.8 Å². The molecule has 0 radical (unpaired) electrons. The lowest BCUT2D eigenvalue weighted by Gasteiger charge is -2.01. The van der Waals surface area contributed by atoms with E-state index in [1.54, 1.807) is 29.8 Å². The molecule has 0 bridgehead atoms. The highest BCUT2D eigenvalue weighted by molar-refractivity contribution is 7.11. The van der Waals surface area contributed by atoms with Crippen LogP contribution in [0.5, 0.6) is 0 Å². The van der Waals surface area contributed by atoms with Gasteiger partial charge in [0.2, 0.25) is 0 Å². The molecule has 2 aromatic heterocycles. The molecule has 0 saturated heterocycles. The fraction of sp³-hybridized carbons (Fsp3) is 0.308. The molecule has 0 aliphatic rings. The molecule has 0 saturated carbocycles. The van der Waals surface area contributed by atoms with Crippen molar-refractivity contribution in [1.29, 1.82) is 0 Å². The average molecular weight is 246 g/mol. The molecule has 0 fully saturated rings. The smallest absolute Gasteiger partial charge is 0.170 e. The lowest BCUT2D eigenvalue weighted by atomic mass is 10.1. The Hall–Kier alpha value is -1.55. The lowest BCUT2D eigenvalue weighted by molar-refractivity contribution is 0.0992. The fourth-order valence-electron chi connectivity index (χ4n) is 1.63. The summed E-state index contributed by atoms with van der Waals surface area (Å²) in [6, 6.07) is 1.77. The number of carbonyl (C=O) groups excluding carboxylic acids is 1. The monoisotopic (exact) mass is 246 g/mol. The number of aromatic nitrogens is 2. The topological polar surface area (TPSA) is 42.9 Å². The number of Topliss-reactive ketones (excluding diaryl/α,β-unsaturated/α-hetero) is 1. The second-order valence-electron chi connectivity index (χ2n) is 4.04. The molecule has 2 aromatic rings. The van der Waals surface area contributed by atoms with Crippen LogP contribution in [0, 0.1) is 20.8 Å². The highest BCUT2D eigenvalue weighted by Gasteiger charge is 2.12. The van der Waals surface area contributed by atoms with Crippen molar-refractivity contribution in [2.45, 2.75) is 27.2 Å². The minimum Gasteiger partial charge on any atom is -0.294 e.